The molecule has 16 heavy (non-hydrogen) atoms. The van der Waals surface area contributed by atoms with Gasteiger partial charge >= 0.3 is 0 Å². The Morgan fingerprint density at radius 1 is 1.38 bits per heavy atom. The maximum Gasteiger partial charge on any atom is 0.0896 e. The Morgan fingerprint density at radius 3 is 2.69 bits per heavy atom. The molecule has 1 aliphatic carbocycles. The second-order valence-corrected chi connectivity index (χ2v) is 5.03. The van der Waals surface area contributed by atoms with Crippen LogP contribution in [0.2, 0.25) is 0 Å². The smallest absolute Gasteiger partial charge is 0.0896 e. The Morgan fingerprint density at radius 2 is 2.06 bits per heavy atom. The summed E-state index contributed by atoms with van der Waals surface area (Å²) in [5, 5.41) is 10.7. The lowest BCUT2D eigenvalue weighted by molar-refractivity contribution is -0.00338. The molecule has 1 aliphatic rings. The molecule has 88 valence electrons. The minimum Gasteiger partial charge on any atom is -0.385 e. The second-order valence-electron chi connectivity index (χ2n) is 5.03. The topological polar surface area (TPSA) is 46.2 Å². The van der Waals surface area contributed by atoms with Gasteiger partial charge in [-0.05, 0) is 36.8 Å². The Hall–Kier alpha value is -0.860. The molecule has 2 rings (SSSR count). The second kappa shape index (κ2) is 4.56. The molecule has 0 saturated heterocycles. The SMILES string of the molecule is CC(O)(c1cccc(CN)c1)C1CCCC1. The highest BCUT2D eigenvalue weighted by atomic mass is 16.3. The first-order chi connectivity index (χ1) is 7.64. The molecule has 1 aromatic rings. The lowest BCUT2D eigenvalue weighted by atomic mass is 9.81. The summed E-state index contributed by atoms with van der Waals surface area (Å²) in [5.41, 5.74) is 7.05. The molecule has 0 heterocycles. The normalized spacial score (nSPS) is 20.9. The molecule has 0 radical (unpaired) electrons. The van der Waals surface area contributed by atoms with Crippen molar-refractivity contribution >= 4 is 0 Å². The third kappa shape index (κ3) is 2.13. The first-order valence-electron chi connectivity index (χ1n) is 6.16. The Bertz CT molecular complexity index is 354. The summed E-state index contributed by atoms with van der Waals surface area (Å²) in [5.74, 6) is 0.403. The predicted molar refractivity (Wildman–Crippen MR) is 65.9 cm³/mol. The van der Waals surface area contributed by atoms with Crippen LogP contribution in [0.1, 0.15) is 43.7 Å². The number of rotatable bonds is 3. The first kappa shape index (κ1) is 11.6. The van der Waals surface area contributed by atoms with E-state index in [1.807, 2.05) is 31.2 Å². The van der Waals surface area contributed by atoms with Gasteiger partial charge in [0.25, 0.3) is 0 Å². The fourth-order valence-corrected chi connectivity index (χ4v) is 2.74. The van der Waals surface area contributed by atoms with Gasteiger partial charge in [0, 0.05) is 6.54 Å². The molecule has 1 fully saturated rings. The van der Waals surface area contributed by atoms with Crippen molar-refractivity contribution in [1.29, 1.82) is 0 Å². The van der Waals surface area contributed by atoms with Crippen molar-refractivity contribution < 1.29 is 5.11 Å². The van der Waals surface area contributed by atoms with E-state index < -0.39 is 5.60 Å². The van der Waals surface area contributed by atoms with E-state index in [9.17, 15) is 5.11 Å². The average molecular weight is 219 g/mol. The number of benzene rings is 1. The molecule has 0 aliphatic heterocycles. The number of hydrogen-bond donors (Lipinski definition) is 2. The van der Waals surface area contributed by atoms with E-state index in [-0.39, 0.29) is 0 Å². The van der Waals surface area contributed by atoms with Crippen LogP contribution in [-0.2, 0) is 12.1 Å². The van der Waals surface area contributed by atoms with Crippen LogP contribution >= 0.6 is 0 Å². The summed E-state index contributed by atoms with van der Waals surface area (Å²) in [6.45, 7) is 2.48. The number of hydrogen-bond acceptors (Lipinski definition) is 2. The van der Waals surface area contributed by atoms with Crippen molar-refractivity contribution in [1.82, 2.24) is 0 Å². The summed E-state index contributed by atoms with van der Waals surface area (Å²) < 4.78 is 0. The van der Waals surface area contributed by atoms with Crippen molar-refractivity contribution in [3.05, 3.63) is 35.4 Å². The van der Waals surface area contributed by atoms with E-state index >= 15 is 0 Å². The lowest BCUT2D eigenvalue weighted by Crippen LogP contribution is -2.30. The lowest BCUT2D eigenvalue weighted by Gasteiger charge is -2.31. The van der Waals surface area contributed by atoms with Crippen molar-refractivity contribution in [3.63, 3.8) is 0 Å². The van der Waals surface area contributed by atoms with Gasteiger partial charge in [-0.25, -0.2) is 0 Å². The van der Waals surface area contributed by atoms with Crippen LogP contribution < -0.4 is 5.73 Å². The van der Waals surface area contributed by atoms with E-state index in [0.717, 1.165) is 24.0 Å². The Balaban J connectivity index is 2.26. The van der Waals surface area contributed by atoms with Crippen LogP contribution in [0.25, 0.3) is 0 Å². The Labute approximate surface area is 97.5 Å². The van der Waals surface area contributed by atoms with Crippen LogP contribution in [0.4, 0.5) is 0 Å². The molecular weight excluding hydrogens is 198 g/mol. The zero-order valence-corrected chi connectivity index (χ0v) is 9.95. The summed E-state index contributed by atoms with van der Waals surface area (Å²) in [6, 6.07) is 8.05. The van der Waals surface area contributed by atoms with E-state index in [2.05, 4.69) is 0 Å². The fraction of sp³-hybridized carbons (Fsp3) is 0.571. The van der Waals surface area contributed by atoms with E-state index in [1.54, 1.807) is 0 Å². The van der Waals surface area contributed by atoms with E-state index in [0.29, 0.717) is 12.5 Å². The molecular formula is C14H21NO. The molecule has 1 saturated carbocycles. The third-order valence-electron chi connectivity index (χ3n) is 3.90. The zero-order chi connectivity index (χ0) is 11.6. The van der Waals surface area contributed by atoms with Crippen molar-refractivity contribution in [2.45, 2.75) is 44.8 Å². The van der Waals surface area contributed by atoms with Gasteiger partial charge in [0.05, 0.1) is 5.60 Å². The fourth-order valence-electron chi connectivity index (χ4n) is 2.74. The van der Waals surface area contributed by atoms with Gasteiger partial charge in [-0.2, -0.15) is 0 Å². The molecule has 1 unspecified atom stereocenters. The predicted octanol–water partition coefficient (Wildman–Crippen LogP) is 2.54. The van der Waals surface area contributed by atoms with Gasteiger partial charge in [-0.3, -0.25) is 0 Å². The highest BCUT2D eigenvalue weighted by molar-refractivity contribution is 5.28. The van der Waals surface area contributed by atoms with Crippen LogP contribution in [-0.4, -0.2) is 5.11 Å². The highest BCUT2D eigenvalue weighted by Gasteiger charge is 2.35. The molecule has 1 atom stereocenters. The summed E-state index contributed by atoms with van der Waals surface area (Å²) in [6.07, 6.45) is 4.77. The number of nitrogens with two attached hydrogens (primary N) is 1. The monoisotopic (exact) mass is 219 g/mol. The minimum absolute atomic E-state index is 0.403. The van der Waals surface area contributed by atoms with Crippen LogP contribution in [0, 0.1) is 5.92 Å². The molecule has 2 nitrogen and oxygen atoms in total. The van der Waals surface area contributed by atoms with Crippen molar-refractivity contribution in [2.75, 3.05) is 0 Å². The van der Waals surface area contributed by atoms with Gasteiger partial charge in [0.1, 0.15) is 0 Å². The highest BCUT2D eigenvalue weighted by Crippen LogP contribution is 2.40. The maximum absolute atomic E-state index is 10.7. The summed E-state index contributed by atoms with van der Waals surface area (Å²) in [4.78, 5) is 0. The molecule has 1 aromatic carbocycles. The van der Waals surface area contributed by atoms with Gasteiger partial charge in [-0.1, -0.05) is 37.1 Å². The average Bonchev–Trinajstić information content (AvgIpc) is 2.83. The quantitative estimate of drug-likeness (QED) is 0.820. The standard InChI is InChI=1S/C14H21NO/c1-14(16,12-6-2-3-7-12)13-8-4-5-11(9-13)10-15/h4-5,8-9,12,16H,2-3,6-7,10,15H2,1H3. The maximum atomic E-state index is 10.7. The number of aliphatic hydroxyl groups is 1. The van der Waals surface area contributed by atoms with Crippen LogP contribution in [0.15, 0.2) is 24.3 Å². The van der Waals surface area contributed by atoms with Crippen LogP contribution in [0.5, 0.6) is 0 Å². The molecule has 0 spiro atoms. The van der Waals surface area contributed by atoms with Gasteiger partial charge in [-0.15, -0.1) is 0 Å². The van der Waals surface area contributed by atoms with Crippen molar-refractivity contribution in [3.8, 4) is 0 Å². The Kier molecular flexibility index (Phi) is 3.31. The molecule has 3 N–H and O–H groups in total. The molecule has 2 heteroatoms. The van der Waals surface area contributed by atoms with Gasteiger partial charge < -0.3 is 10.8 Å². The molecule has 0 bridgehead atoms. The van der Waals surface area contributed by atoms with E-state index in [4.69, 9.17) is 5.73 Å². The minimum atomic E-state index is -0.693. The van der Waals surface area contributed by atoms with Gasteiger partial charge in [0.2, 0.25) is 0 Å². The van der Waals surface area contributed by atoms with Gasteiger partial charge in [0.15, 0.2) is 0 Å². The summed E-state index contributed by atoms with van der Waals surface area (Å²) in [7, 11) is 0. The largest absolute Gasteiger partial charge is 0.385 e. The third-order valence-corrected chi connectivity index (χ3v) is 3.90. The molecule has 0 aromatic heterocycles. The zero-order valence-electron chi connectivity index (χ0n) is 9.95. The van der Waals surface area contributed by atoms with Crippen molar-refractivity contribution in [2.24, 2.45) is 11.7 Å². The van der Waals surface area contributed by atoms with E-state index in [1.165, 1.54) is 12.8 Å². The molecule has 0 amide bonds. The van der Waals surface area contributed by atoms with Crippen LogP contribution in [0.3, 0.4) is 0 Å². The summed E-state index contributed by atoms with van der Waals surface area (Å²) >= 11 is 0. The first-order valence-corrected chi connectivity index (χ1v) is 6.16.